The number of halogens is 2. The first-order valence-electron chi connectivity index (χ1n) is 17.3. The van der Waals surface area contributed by atoms with Crippen LogP contribution in [-0.2, 0) is 13.0 Å². The SMILES string of the molecule is C=C(C)C.CC.CC.CCC1CCN(Cc2cc(Cc3ccc(N4CC[N+](C)(C)CC4)nc3)nc(-c3cc(Cl)cc(Cl)c3)c2)CC1. The molecule has 0 spiro atoms. The van der Waals surface area contributed by atoms with Crippen molar-refractivity contribution in [2.45, 2.75) is 80.7 Å². The zero-order valence-electron chi connectivity index (χ0n) is 30.2. The summed E-state index contributed by atoms with van der Waals surface area (Å²) in [7, 11) is 4.60. The van der Waals surface area contributed by atoms with Gasteiger partial charge in [-0.1, -0.05) is 75.9 Å². The van der Waals surface area contributed by atoms with Crippen molar-refractivity contribution in [1.29, 1.82) is 0 Å². The van der Waals surface area contributed by atoms with Gasteiger partial charge in [-0.15, -0.1) is 6.58 Å². The first kappa shape index (κ1) is 39.7. The summed E-state index contributed by atoms with van der Waals surface area (Å²) in [6.45, 7) is 25.5. The highest BCUT2D eigenvalue weighted by molar-refractivity contribution is 6.35. The molecule has 0 radical (unpaired) electrons. The van der Waals surface area contributed by atoms with Gasteiger partial charge in [-0.25, -0.2) is 4.98 Å². The molecule has 0 amide bonds. The van der Waals surface area contributed by atoms with Crippen molar-refractivity contribution < 1.29 is 4.48 Å². The van der Waals surface area contributed by atoms with Crippen LogP contribution in [-0.4, -0.2) is 72.7 Å². The first-order valence-corrected chi connectivity index (χ1v) is 18.1. The van der Waals surface area contributed by atoms with Crippen LogP contribution in [0.25, 0.3) is 11.3 Å². The number of rotatable bonds is 7. The standard InChI is InChI=1S/C31H40Cl2N5.C4H8.2C2H6/c1-4-23-7-9-36(10-8-23)22-25-16-29(35-30(17-25)26-18-27(32)20-28(33)19-26)15-24-5-6-31(34-21-24)37-11-13-38(2,3)14-12-37;1-4(2)3;2*1-2/h5-6,16-21,23H,4,7-15,22H2,1-3H3;1H2,2-3H3;2*1-2H3/q+1;;;. The lowest BCUT2D eigenvalue weighted by Crippen LogP contribution is -2.55. The van der Waals surface area contributed by atoms with E-state index in [1.807, 2.05) is 59.9 Å². The van der Waals surface area contributed by atoms with Crippen LogP contribution in [0.3, 0.4) is 0 Å². The predicted octanol–water partition coefficient (Wildman–Crippen LogP) is 10.2. The Bertz CT molecular complexity index is 1300. The number of piperazine rings is 1. The molecule has 2 fully saturated rings. The molecule has 0 atom stereocenters. The van der Waals surface area contributed by atoms with Gasteiger partial charge in [0.25, 0.3) is 0 Å². The summed E-state index contributed by atoms with van der Waals surface area (Å²) in [5.74, 6) is 1.94. The van der Waals surface area contributed by atoms with E-state index in [2.05, 4.69) is 61.7 Å². The van der Waals surface area contributed by atoms with Crippen molar-refractivity contribution in [3.63, 3.8) is 0 Å². The molecule has 46 heavy (non-hydrogen) atoms. The maximum Gasteiger partial charge on any atom is 0.128 e. The minimum Gasteiger partial charge on any atom is -0.345 e. The smallest absolute Gasteiger partial charge is 0.128 e. The van der Waals surface area contributed by atoms with Gasteiger partial charge in [0.1, 0.15) is 5.82 Å². The number of piperidine rings is 1. The number of allylic oxidation sites excluding steroid dienone is 1. The van der Waals surface area contributed by atoms with Crippen LogP contribution in [0, 0.1) is 5.92 Å². The summed E-state index contributed by atoms with van der Waals surface area (Å²) in [6.07, 6.45) is 6.62. The first-order chi connectivity index (χ1) is 22.0. The third kappa shape index (κ3) is 13.4. The number of hydrogen-bond donors (Lipinski definition) is 0. The molecule has 3 aromatic rings. The quantitative estimate of drug-likeness (QED) is 0.185. The lowest BCUT2D eigenvalue weighted by atomic mass is 9.94. The number of hydrogen-bond acceptors (Lipinski definition) is 4. The lowest BCUT2D eigenvalue weighted by Gasteiger charge is -2.39. The number of nitrogens with zero attached hydrogens (tertiary/aromatic N) is 5. The van der Waals surface area contributed by atoms with Gasteiger partial charge in [0, 0.05) is 40.5 Å². The lowest BCUT2D eigenvalue weighted by molar-refractivity contribution is -0.890. The average Bonchev–Trinajstić information content (AvgIpc) is 3.03. The number of quaternary nitrogens is 1. The Morgan fingerprint density at radius 3 is 1.98 bits per heavy atom. The Balaban J connectivity index is 0.000000841. The Hall–Kier alpha value is -2.44. The van der Waals surface area contributed by atoms with E-state index in [9.17, 15) is 0 Å². The number of likely N-dealkylation sites (tertiary alicyclic amines) is 1. The van der Waals surface area contributed by atoms with Crippen LogP contribution in [0.15, 0.2) is 60.8 Å². The van der Waals surface area contributed by atoms with Crippen LogP contribution < -0.4 is 4.90 Å². The molecular weight excluding hydrogens is 609 g/mol. The van der Waals surface area contributed by atoms with Crippen molar-refractivity contribution in [2.75, 3.05) is 58.3 Å². The second kappa shape index (κ2) is 20.0. The van der Waals surface area contributed by atoms with Gasteiger partial charge >= 0.3 is 0 Å². The third-order valence-corrected chi connectivity index (χ3v) is 8.69. The van der Waals surface area contributed by atoms with E-state index in [0.717, 1.165) is 85.4 Å². The zero-order valence-corrected chi connectivity index (χ0v) is 31.7. The summed E-state index contributed by atoms with van der Waals surface area (Å²) in [6, 6.07) is 14.5. The topological polar surface area (TPSA) is 32.3 Å². The Morgan fingerprint density at radius 2 is 1.46 bits per heavy atom. The Labute approximate surface area is 291 Å². The maximum atomic E-state index is 6.35. The maximum absolute atomic E-state index is 6.35. The summed E-state index contributed by atoms with van der Waals surface area (Å²) in [5, 5.41) is 1.25. The zero-order chi connectivity index (χ0) is 34.3. The summed E-state index contributed by atoms with van der Waals surface area (Å²) in [5.41, 5.74) is 6.54. The van der Waals surface area contributed by atoms with Gasteiger partial charge in [-0.3, -0.25) is 9.88 Å². The minimum atomic E-state index is 0.627. The van der Waals surface area contributed by atoms with Gasteiger partial charge < -0.3 is 9.38 Å². The van der Waals surface area contributed by atoms with Crippen LogP contribution in [0.4, 0.5) is 5.82 Å². The van der Waals surface area contributed by atoms with Crippen LogP contribution in [0.1, 0.15) is 84.5 Å². The van der Waals surface area contributed by atoms with Crippen molar-refractivity contribution >= 4 is 29.0 Å². The van der Waals surface area contributed by atoms with E-state index in [0.29, 0.717) is 10.0 Å². The number of likely N-dealkylation sites (N-methyl/N-ethyl adjacent to an activating group) is 1. The van der Waals surface area contributed by atoms with Crippen molar-refractivity contribution in [3.8, 4) is 11.3 Å². The van der Waals surface area contributed by atoms with Crippen LogP contribution >= 0.6 is 23.2 Å². The molecule has 0 N–H and O–H groups in total. The predicted molar refractivity (Wildman–Crippen MR) is 202 cm³/mol. The molecule has 0 saturated carbocycles. The van der Waals surface area contributed by atoms with Crippen molar-refractivity contribution in [2.24, 2.45) is 5.92 Å². The van der Waals surface area contributed by atoms with E-state index in [1.165, 1.54) is 36.0 Å². The summed E-state index contributed by atoms with van der Waals surface area (Å²) in [4.78, 5) is 14.9. The van der Waals surface area contributed by atoms with Gasteiger partial charge in [0.15, 0.2) is 0 Å². The fourth-order valence-electron chi connectivity index (χ4n) is 5.65. The Kier molecular flexibility index (Phi) is 17.3. The molecule has 0 bridgehead atoms. The summed E-state index contributed by atoms with van der Waals surface area (Å²) >= 11 is 12.7. The highest BCUT2D eigenvalue weighted by Crippen LogP contribution is 2.29. The highest BCUT2D eigenvalue weighted by atomic mass is 35.5. The van der Waals surface area contributed by atoms with Gasteiger partial charge in [0.2, 0.25) is 0 Å². The number of benzene rings is 1. The van der Waals surface area contributed by atoms with Gasteiger partial charge in [-0.2, -0.15) is 0 Å². The second-order valence-electron chi connectivity index (χ2n) is 12.9. The molecule has 5 nitrogen and oxygen atoms in total. The van der Waals surface area contributed by atoms with E-state index in [-0.39, 0.29) is 0 Å². The fraction of sp³-hybridized carbons (Fsp3) is 0.538. The second-order valence-corrected chi connectivity index (χ2v) is 13.8. The monoisotopic (exact) mass is 668 g/mol. The molecule has 4 heterocycles. The van der Waals surface area contributed by atoms with E-state index in [4.69, 9.17) is 33.2 Å². The van der Waals surface area contributed by atoms with Gasteiger partial charge in [-0.05, 0) is 93.2 Å². The molecule has 2 saturated heterocycles. The normalized spacial score (nSPS) is 16.2. The van der Waals surface area contributed by atoms with Crippen molar-refractivity contribution in [1.82, 2.24) is 14.9 Å². The molecule has 7 heteroatoms. The minimum absolute atomic E-state index is 0.627. The molecule has 0 unspecified atom stereocenters. The number of anilines is 1. The fourth-order valence-corrected chi connectivity index (χ4v) is 6.17. The van der Waals surface area contributed by atoms with E-state index >= 15 is 0 Å². The molecule has 2 aliphatic heterocycles. The Morgan fingerprint density at radius 1 is 0.870 bits per heavy atom. The molecule has 1 aromatic carbocycles. The average molecular weight is 670 g/mol. The number of pyridine rings is 2. The molecule has 2 aromatic heterocycles. The van der Waals surface area contributed by atoms with E-state index in [1.54, 1.807) is 6.07 Å². The van der Waals surface area contributed by atoms with Crippen molar-refractivity contribution in [3.05, 3.63) is 87.7 Å². The molecule has 0 aliphatic carbocycles. The number of aromatic nitrogens is 2. The summed E-state index contributed by atoms with van der Waals surface area (Å²) < 4.78 is 1.08. The molecule has 5 rings (SSSR count). The highest BCUT2D eigenvalue weighted by Gasteiger charge is 2.25. The third-order valence-electron chi connectivity index (χ3n) is 8.26. The largest absolute Gasteiger partial charge is 0.345 e. The van der Waals surface area contributed by atoms with Crippen LogP contribution in [0.2, 0.25) is 10.0 Å². The van der Waals surface area contributed by atoms with Gasteiger partial charge in [0.05, 0.1) is 46.0 Å². The van der Waals surface area contributed by atoms with Crippen LogP contribution in [0.5, 0.6) is 0 Å². The van der Waals surface area contributed by atoms with E-state index < -0.39 is 0 Å². The molecule has 2 aliphatic rings. The molecule has 254 valence electrons. The molecular formula is C39H60Cl2N5+.